The van der Waals surface area contributed by atoms with E-state index in [1.165, 1.54) is 0 Å². The van der Waals surface area contributed by atoms with Gasteiger partial charge in [-0.3, -0.25) is 9.59 Å². The molecule has 0 aromatic heterocycles. The van der Waals surface area contributed by atoms with E-state index >= 15 is 0 Å². The summed E-state index contributed by atoms with van der Waals surface area (Å²) in [5, 5.41) is 3.48. The maximum atomic E-state index is 13.1. The lowest BCUT2D eigenvalue weighted by molar-refractivity contribution is -0.132. The predicted octanol–water partition coefficient (Wildman–Crippen LogP) is 4.66. The maximum Gasteiger partial charge on any atom is 0.260 e. The third-order valence-corrected chi connectivity index (χ3v) is 7.88. The van der Waals surface area contributed by atoms with Crippen molar-refractivity contribution in [1.29, 1.82) is 0 Å². The summed E-state index contributed by atoms with van der Waals surface area (Å²) in [6.45, 7) is 2.01. The molecule has 0 radical (unpaired) electrons. The first-order chi connectivity index (χ1) is 15.5. The van der Waals surface area contributed by atoms with E-state index in [-0.39, 0.29) is 29.8 Å². The van der Waals surface area contributed by atoms with Crippen molar-refractivity contribution in [3.8, 4) is 5.75 Å². The smallest absolute Gasteiger partial charge is 0.260 e. The van der Waals surface area contributed by atoms with Crippen molar-refractivity contribution in [2.45, 2.75) is 43.5 Å². The first-order valence-corrected chi connectivity index (χ1v) is 12.0. The van der Waals surface area contributed by atoms with Crippen LogP contribution in [0.3, 0.4) is 0 Å². The van der Waals surface area contributed by atoms with Gasteiger partial charge in [-0.15, -0.1) is 11.8 Å². The van der Waals surface area contributed by atoms with Crippen LogP contribution in [0.15, 0.2) is 59.5 Å². The molecule has 2 aromatic rings. The monoisotopic (exact) mass is 450 g/mol. The Morgan fingerprint density at radius 1 is 1.19 bits per heavy atom. The van der Waals surface area contributed by atoms with Gasteiger partial charge < -0.3 is 15.0 Å². The quantitative estimate of drug-likeness (QED) is 0.674. The fourth-order valence-corrected chi connectivity index (χ4v) is 6.05. The van der Waals surface area contributed by atoms with Crippen LogP contribution in [0.5, 0.6) is 5.75 Å². The summed E-state index contributed by atoms with van der Waals surface area (Å²) in [7, 11) is 3.51. The van der Waals surface area contributed by atoms with E-state index in [0.29, 0.717) is 11.7 Å². The van der Waals surface area contributed by atoms with E-state index in [1.807, 2.05) is 79.5 Å². The van der Waals surface area contributed by atoms with Crippen molar-refractivity contribution in [2.24, 2.45) is 5.92 Å². The van der Waals surface area contributed by atoms with Gasteiger partial charge in [-0.05, 0) is 55.5 Å². The second-order valence-electron chi connectivity index (χ2n) is 8.58. The van der Waals surface area contributed by atoms with Crippen LogP contribution in [-0.4, -0.2) is 42.2 Å². The summed E-state index contributed by atoms with van der Waals surface area (Å²) in [6, 6.07) is 17.8. The van der Waals surface area contributed by atoms with E-state index < -0.39 is 0 Å². The molecule has 168 valence electrons. The Morgan fingerprint density at radius 3 is 2.72 bits per heavy atom. The van der Waals surface area contributed by atoms with Crippen LogP contribution in [0, 0.1) is 5.92 Å². The predicted molar refractivity (Wildman–Crippen MR) is 129 cm³/mol. The van der Waals surface area contributed by atoms with Crippen molar-refractivity contribution in [2.75, 3.05) is 14.2 Å². The summed E-state index contributed by atoms with van der Waals surface area (Å²) in [5.41, 5.74) is 2.05. The van der Waals surface area contributed by atoms with Crippen molar-refractivity contribution in [3.05, 3.63) is 70.6 Å². The molecule has 1 saturated carbocycles. The van der Waals surface area contributed by atoms with E-state index in [9.17, 15) is 9.59 Å². The number of benzene rings is 2. The van der Waals surface area contributed by atoms with Crippen molar-refractivity contribution in [3.63, 3.8) is 0 Å². The van der Waals surface area contributed by atoms with Crippen LogP contribution in [0.4, 0.5) is 0 Å². The number of amides is 2. The van der Waals surface area contributed by atoms with Gasteiger partial charge in [0.1, 0.15) is 5.75 Å². The van der Waals surface area contributed by atoms with Gasteiger partial charge in [0.15, 0.2) is 0 Å². The Kier molecular flexibility index (Phi) is 6.89. The van der Waals surface area contributed by atoms with E-state index in [0.717, 1.165) is 34.6 Å². The Labute approximate surface area is 194 Å². The van der Waals surface area contributed by atoms with Crippen LogP contribution in [0.1, 0.15) is 43.4 Å². The van der Waals surface area contributed by atoms with Crippen molar-refractivity contribution < 1.29 is 14.3 Å². The zero-order valence-electron chi connectivity index (χ0n) is 18.8. The van der Waals surface area contributed by atoms with Gasteiger partial charge in [0.25, 0.3) is 5.91 Å². The number of hydrogen-bond acceptors (Lipinski definition) is 4. The molecule has 1 heterocycles. The van der Waals surface area contributed by atoms with Crippen LogP contribution < -0.4 is 10.1 Å². The molecule has 1 aliphatic heterocycles. The summed E-state index contributed by atoms with van der Waals surface area (Å²) >= 11 is 1.66. The molecule has 1 saturated heterocycles. The molecular weight excluding hydrogens is 420 g/mol. The van der Waals surface area contributed by atoms with E-state index in [2.05, 4.69) is 5.32 Å². The Balaban J connectivity index is 1.42. The normalized spacial score (nSPS) is 25.2. The molecule has 5 nitrogen and oxygen atoms in total. The molecule has 4 rings (SSSR count). The highest BCUT2D eigenvalue weighted by molar-refractivity contribution is 8.04. The van der Waals surface area contributed by atoms with Gasteiger partial charge in [-0.1, -0.05) is 42.5 Å². The van der Waals surface area contributed by atoms with Crippen LogP contribution in [-0.2, 0) is 9.59 Å². The SMILES string of the molecule is COc1cccc(/C=C2\SC3CCC(C(=O)NC(C)c4ccccc4)CC3N(C)C2=O)c1. The summed E-state index contributed by atoms with van der Waals surface area (Å²) in [4.78, 5) is 28.6. The third kappa shape index (κ3) is 4.85. The summed E-state index contributed by atoms with van der Waals surface area (Å²) in [6.07, 6.45) is 4.42. The number of carbonyl (C=O) groups is 2. The molecule has 6 heteroatoms. The standard InChI is InChI=1S/C26H30N2O3S/c1-17(19-9-5-4-6-10-19)27-25(29)20-12-13-23-22(16-20)28(2)26(30)24(32-23)15-18-8-7-11-21(14-18)31-3/h4-11,14-15,17,20,22-23H,12-13,16H2,1-3H3,(H,27,29)/b24-15-. The number of hydrogen-bond donors (Lipinski definition) is 1. The third-order valence-electron chi connectivity index (χ3n) is 6.48. The number of nitrogens with one attached hydrogen (secondary N) is 1. The number of thioether (sulfide) groups is 1. The lowest BCUT2D eigenvalue weighted by Gasteiger charge is -2.44. The largest absolute Gasteiger partial charge is 0.497 e. The first kappa shape index (κ1) is 22.5. The van der Waals surface area contributed by atoms with Crippen molar-refractivity contribution >= 4 is 29.7 Å². The van der Waals surface area contributed by atoms with E-state index in [4.69, 9.17) is 4.74 Å². The average Bonchev–Trinajstić information content (AvgIpc) is 2.82. The lowest BCUT2D eigenvalue weighted by Crippen LogP contribution is -2.52. The molecular formula is C26H30N2O3S. The molecule has 4 atom stereocenters. The average molecular weight is 451 g/mol. The summed E-state index contributed by atoms with van der Waals surface area (Å²) < 4.78 is 5.30. The molecule has 32 heavy (non-hydrogen) atoms. The first-order valence-electron chi connectivity index (χ1n) is 11.1. The maximum absolute atomic E-state index is 13.1. The van der Waals surface area contributed by atoms with Crippen molar-refractivity contribution in [1.82, 2.24) is 10.2 Å². The molecule has 2 amide bonds. The highest BCUT2D eigenvalue weighted by Gasteiger charge is 2.43. The highest BCUT2D eigenvalue weighted by Crippen LogP contribution is 2.43. The molecule has 2 aliphatic rings. The number of likely N-dealkylation sites (N-methyl/N-ethyl adjacent to an activating group) is 1. The number of carbonyl (C=O) groups excluding carboxylic acids is 2. The Morgan fingerprint density at radius 2 is 1.97 bits per heavy atom. The minimum Gasteiger partial charge on any atom is -0.497 e. The minimum atomic E-state index is -0.0674. The van der Waals surface area contributed by atoms with Gasteiger partial charge in [0, 0.05) is 24.3 Å². The lowest BCUT2D eigenvalue weighted by atomic mass is 9.83. The Hall–Kier alpha value is -2.73. The molecule has 0 spiro atoms. The zero-order chi connectivity index (χ0) is 22.7. The van der Waals surface area contributed by atoms with Gasteiger partial charge in [-0.25, -0.2) is 0 Å². The summed E-state index contributed by atoms with van der Waals surface area (Å²) in [5.74, 6) is 0.818. The van der Waals surface area contributed by atoms with E-state index in [1.54, 1.807) is 18.9 Å². The second-order valence-corrected chi connectivity index (χ2v) is 9.86. The van der Waals surface area contributed by atoms with Gasteiger partial charge in [0.2, 0.25) is 5.91 Å². The fraction of sp³-hybridized carbons (Fsp3) is 0.385. The zero-order valence-corrected chi connectivity index (χ0v) is 19.6. The molecule has 4 unspecified atom stereocenters. The molecule has 2 aromatic carbocycles. The molecule has 2 fully saturated rings. The van der Waals surface area contributed by atoms with Crippen LogP contribution in [0.25, 0.3) is 6.08 Å². The number of rotatable bonds is 5. The van der Waals surface area contributed by atoms with Gasteiger partial charge >= 0.3 is 0 Å². The number of fused-ring (bicyclic) bond motifs is 1. The Bertz CT molecular complexity index is 1010. The molecule has 1 N–H and O–H groups in total. The number of ether oxygens (including phenoxy) is 1. The van der Waals surface area contributed by atoms with Gasteiger partial charge in [0.05, 0.1) is 18.1 Å². The van der Waals surface area contributed by atoms with Gasteiger partial charge in [-0.2, -0.15) is 0 Å². The molecule has 0 bridgehead atoms. The van der Waals surface area contributed by atoms with Crippen LogP contribution >= 0.6 is 11.8 Å². The number of methoxy groups -OCH3 is 1. The highest BCUT2D eigenvalue weighted by atomic mass is 32.2. The molecule has 1 aliphatic carbocycles. The topological polar surface area (TPSA) is 58.6 Å². The number of nitrogens with zero attached hydrogens (tertiary/aromatic N) is 1. The fourth-order valence-electron chi connectivity index (χ4n) is 4.57. The van der Waals surface area contributed by atoms with Crippen LogP contribution in [0.2, 0.25) is 0 Å². The minimum absolute atomic E-state index is 0.0257. The second kappa shape index (κ2) is 9.82.